The fraction of sp³-hybridized carbons (Fsp3) is 0.519. The first-order valence-corrected chi connectivity index (χ1v) is 14.7. The molecule has 0 bridgehead atoms. The van der Waals surface area contributed by atoms with Gasteiger partial charge in [0.1, 0.15) is 41.8 Å². The topological polar surface area (TPSA) is 172 Å². The molecular weight excluding hydrogens is 553 g/mol. The number of nitrogen functional groups attached to an aromatic ring is 1. The summed E-state index contributed by atoms with van der Waals surface area (Å²) in [5.41, 5.74) is 5.63. The molecule has 1 aliphatic heterocycles. The number of aliphatic hydroxyl groups excluding tert-OH is 2. The first-order chi connectivity index (χ1) is 19.7. The average molecular weight is 592 g/mol. The van der Waals surface area contributed by atoms with Gasteiger partial charge in [0.2, 0.25) is 0 Å². The third kappa shape index (κ3) is 7.12. The summed E-state index contributed by atoms with van der Waals surface area (Å²) in [6.07, 6.45) is -0.465. The van der Waals surface area contributed by atoms with Crippen LogP contribution in [0.15, 0.2) is 48.8 Å². The highest BCUT2D eigenvalue weighted by atomic mass is 31.2. The Balaban J connectivity index is 1.43. The molecule has 0 spiro atoms. The van der Waals surface area contributed by atoms with Crippen LogP contribution in [0.4, 0.5) is 5.82 Å². The van der Waals surface area contributed by atoms with Crippen molar-refractivity contribution in [2.24, 2.45) is 5.92 Å². The van der Waals surface area contributed by atoms with Crippen molar-refractivity contribution in [3.05, 3.63) is 54.5 Å². The van der Waals surface area contributed by atoms with Crippen LogP contribution in [0.3, 0.4) is 0 Å². The van der Waals surface area contributed by atoms with E-state index >= 15 is 0 Å². The number of esters is 1. The Morgan fingerprint density at radius 1 is 1.22 bits per heavy atom. The van der Waals surface area contributed by atoms with E-state index in [1.54, 1.807) is 50.2 Å². The zero-order chi connectivity index (χ0) is 29.6. The lowest BCUT2D eigenvalue weighted by molar-refractivity contribution is -0.147. The number of aliphatic hydroxyl groups is 2. The van der Waals surface area contributed by atoms with Crippen LogP contribution in [-0.2, 0) is 29.1 Å². The lowest BCUT2D eigenvalue weighted by Crippen LogP contribution is -2.39. The van der Waals surface area contributed by atoms with Crippen molar-refractivity contribution in [1.29, 1.82) is 0 Å². The van der Waals surface area contributed by atoms with Crippen LogP contribution in [0, 0.1) is 5.92 Å². The summed E-state index contributed by atoms with van der Waals surface area (Å²) in [7, 11) is -2.04. The lowest BCUT2D eigenvalue weighted by atomic mass is 9.93. The molecule has 224 valence electrons. The number of carbonyl (C=O) groups excluding carboxylic acids is 1. The highest BCUT2D eigenvalue weighted by molar-refractivity contribution is 7.44. The second kappa shape index (κ2) is 13.8. The maximum absolute atomic E-state index is 12.6. The minimum Gasteiger partial charge on any atom is -0.464 e. The van der Waals surface area contributed by atoms with Crippen LogP contribution in [-0.4, -0.2) is 68.3 Å². The number of ether oxygens (including phenoxy) is 2. The van der Waals surface area contributed by atoms with Gasteiger partial charge in [0.25, 0.3) is 0 Å². The molecule has 0 radical (unpaired) electrons. The van der Waals surface area contributed by atoms with Crippen molar-refractivity contribution in [3.8, 4) is 5.75 Å². The van der Waals surface area contributed by atoms with Gasteiger partial charge in [0, 0.05) is 0 Å². The van der Waals surface area contributed by atoms with Gasteiger partial charge in [0.05, 0.1) is 18.9 Å². The Labute approximate surface area is 239 Å². The number of benzene rings is 1. The van der Waals surface area contributed by atoms with E-state index in [2.05, 4.69) is 29.0 Å². The number of nitrogens with zero attached hydrogens (tertiary/aromatic N) is 3. The number of hydrogen-bond donors (Lipinski definition) is 4. The predicted octanol–water partition coefficient (Wildman–Crippen LogP) is 2.86. The smallest absolute Gasteiger partial charge is 0.323 e. The number of nitrogens with two attached hydrogens (primary N) is 1. The maximum Gasteiger partial charge on any atom is 0.323 e. The minimum absolute atomic E-state index is 0.194. The van der Waals surface area contributed by atoms with Gasteiger partial charge in [-0.2, -0.15) is 5.10 Å². The van der Waals surface area contributed by atoms with Crippen LogP contribution in [0.5, 0.6) is 5.75 Å². The van der Waals surface area contributed by atoms with Crippen LogP contribution in [0.25, 0.3) is 5.52 Å². The molecule has 1 saturated heterocycles. The van der Waals surface area contributed by atoms with Gasteiger partial charge in [0.15, 0.2) is 11.6 Å². The minimum atomic E-state index is -2.04. The Bertz CT molecular complexity index is 1280. The van der Waals surface area contributed by atoms with E-state index in [9.17, 15) is 15.0 Å². The molecule has 6 atom stereocenters. The van der Waals surface area contributed by atoms with Crippen LogP contribution >= 0.6 is 8.53 Å². The number of nitrogens with one attached hydrogen (secondary N) is 1. The van der Waals surface area contributed by atoms with E-state index in [0.717, 1.165) is 12.8 Å². The fourth-order valence-corrected chi connectivity index (χ4v) is 5.51. The second-order valence-corrected chi connectivity index (χ2v) is 11.2. The first-order valence-electron chi connectivity index (χ1n) is 13.6. The molecule has 3 aromatic rings. The summed E-state index contributed by atoms with van der Waals surface area (Å²) in [6.45, 7) is 7.51. The Morgan fingerprint density at radius 2 is 1.95 bits per heavy atom. The second-order valence-electron chi connectivity index (χ2n) is 10.0. The summed E-state index contributed by atoms with van der Waals surface area (Å²) < 4.78 is 24.6. The number of para-hydroxylation sites is 1. The molecule has 1 fully saturated rings. The zero-order valence-electron chi connectivity index (χ0n) is 23.5. The van der Waals surface area contributed by atoms with Gasteiger partial charge in [-0.25, -0.2) is 14.6 Å². The highest BCUT2D eigenvalue weighted by Crippen LogP contribution is 2.42. The predicted molar refractivity (Wildman–Crippen MR) is 150 cm³/mol. The third-order valence-electron chi connectivity index (χ3n) is 7.22. The van der Waals surface area contributed by atoms with Gasteiger partial charge in [-0.05, 0) is 44.0 Å². The largest absolute Gasteiger partial charge is 0.464 e. The Morgan fingerprint density at radius 3 is 2.66 bits per heavy atom. The molecule has 0 amide bonds. The van der Waals surface area contributed by atoms with Gasteiger partial charge < -0.3 is 34.8 Å². The summed E-state index contributed by atoms with van der Waals surface area (Å²) in [5, 5.41) is 29.1. The summed E-state index contributed by atoms with van der Waals surface area (Å²) in [5.74, 6) is 0.514. The number of anilines is 1. The standard InChI is InChI=1S/C27H38N5O8P/c1-5-18(6-2)14-36-26(35)17(3)31-41(40-39-19-10-8-7-9-11-19)37-15-21-23(33)24(34)27(4,38-21)22-13-12-20-25(28)29-16-30-32(20)22/h7-13,16-18,21,23-24,31,33-34H,5-6,14-15H2,1-4H3,(H2,28,29,30)/t17-,21+,23+,24+,27-,41+/m0/s1. The molecule has 0 unspecified atom stereocenters. The third-order valence-corrected chi connectivity index (χ3v) is 8.42. The van der Waals surface area contributed by atoms with E-state index in [0.29, 0.717) is 23.6 Å². The van der Waals surface area contributed by atoms with Gasteiger partial charge in [-0.1, -0.05) is 44.9 Å². The molecule has 14 heteroatoms. The molecule has 5 N–H and O–H groups in total. The molecule has 41 heavy (non-hydrogen) atoms. The first kappa shape index (κ1) is 31.0. The molecule has 4 rings (SSSR count). The summed E-state index contributed by atoms with van der Waals surface area (Å²) in [4.78, 5) is 22.0. The maximum atomic E-state index is 12.6. The van der Waals surface area contributed by atoms with E-state index in [1.165, 1.54) is 10.8 Å². The number of fused-ring (bicyclic) bond motifs is 1. The van der Waals surface area contributed by atoms with Crippen LogP contribution < -0.4 is 15.7 Å². The van der Waals surface area contributed by atoms with E-state index in [1.807, 2.05) is 6.07 Å². The Kier molecular flexibility index (Phi) is 10.5. The quantitative estimate of drug-likeness (QED) is 0.0936. The Hall–Kier alpha value is -2.90. The molecule has 1 aliphatic rings. The number of hydrogen-bond acceptors (Lipinski definition) is 12. The van der Waals surface area contributed by atoms with Crippen molar-refractivity contribution < 1.29 is 38.6 Å². The van der Waals surface area contributed by atoms with Crippen molar-refractivity contribution >= 4 is 25.8 Å². The molecule has 0 aliphatic carbocycles. The van der Waals surface area contributed by atoms with Crippen molar-refractivity contribution in [3.63, 3.8) is 0 Å². The van der Waals surface area contributed by atoms with Gasteiger partial charge >= 0.3 is 14.5 Å². The van der Waals surface area contributed by atoms with Crippen molar-refractivity contribution in [2.45, 2.75) is 70.5 Å². The van der Waals surface area contributed by atoms with E-state index < -0.39 is 44.5 Å². The normalized spacial score (nSPS) is 24.0. The number of carbonyl (C=O) groups is 1. The van der Waals surface area contributed by atoms with E-state index in [4.69, 9.17) is 29.3 Å². The molecule has 0 saturated carbocycles. The fourth-order valence-electron chi connectivity index (χ4n) is 4.49. The number of rotatable bonds is 14. The number of aromatic nitrogens is 3. The molecule has 2 aromatic heterocycles. The summed E-state index contributed by atoms with van der Waals surface area (Å²) in [6, 6.07) is 11.4. The van der Waals surface area contributed by atoms with Gasteiger partial charge in [-0.3, -0.25) is 4.79 Å². The van der Waals surface area contributed by atoms with Crippen LogP contribution in [0.1, 0.15) is 46.2 Å². The average Bonchev–Trinajstić information content (AvgIpc) is 3.52. The lowest BCUT2D eigenvalue weighted by Gasteiger charge is -2.27. The molecule has 1 aromatic carbocycles. The summed E-state index contributed by atoms with van der Waals surface area (Å²) >= 11 is 0. The van der Waals surface area contributed by atoms with Crippen LogP contribution in [0.2, 0.25) is 0 Å². The SMILES string of the molecule is CCC(CC)COC(=O)[C@H](C)N[P@](OC[C@H]1O[C@@](C)(c2ccc3c(N)ncnn23)[C@H](O)[C@@H]1O)OOc1ccccc1. The molecular formula is C27H38N5O8P. The zero-order valence-corrected chi connectivity index (χ0v) is 24.4. The van der Waals surface area contributed by atoms with Crippen molar-refractivity contribution in [2.75, 3.05) is 18.9 Å². The molecule has 3 heterocycles. The molecule has 13 nitrogen and oxygen atoms in total. The monoisotopic (exact) mass is 591 g/mol. The highest BCUT2D eigenvalue weighted by Gasteiger charge is 2.54. The van der Waals surface area contributed by atoms with Gasteiger partial charge in [-0.15, -0.1) is 4.67 Å². The van der Waals surface area contributed by atoms with Crippen molar-refractivity contribution in [1.82, 2.24) is 19.7 Å². The van der Waals surface area contributed by atoms with E-state index in [-0.39, 0.29) is 18.3 Å².